The van der Waals surface area contributed by atoms with Gasteiger partial charge in [-0.05, 0) is 55.3 Å². The third kappa shape index (κ3) is 3.95. The highest BCUT2D eigenvalue weighted by molar-refractivity contribution is 6.04. The number of piperidine rings is 1. The molecule has 6 heteroatoms. The van der Waals surface area contributed by atoms with E-state index in [1.165, 1.54) is 24.3 Å². The Morgan fingerprint density at radius 2 is 1.88 bits per heavy atom. The number of aliphatic hydroxyl groups is 1. The lowest BCUT2D eigenvalue weighted by atomic mass is 10.0. The van der Waals surface area contributed by atoms with Gasteiger partial charge in [-0.25, -0.2) is 4.39 Å². The molecule has 3 rings (SSSR count). The van der Waals surface area contributed by atoms with Crippen LogP contribution in [0.1, 0.15) is 28.8 Å². The van der Waals surface area contributed by atoms with E-state index in [9.17, 15) is 19.6 Å². The van der Waals surface area contributed by atoms with Gasteiger partial charge in [0, 0.05) is 24.3 Å². The molecule has 25 heavy (non-hydrogen) atoms. The van der Waals surface area contributed by atoms with E-state index in [2.05, 4.69) is 16.3 Å². The van der Waals surface area contributed by atoms with Crippen LogP contribution in [0.3, 0.4) is 0 Å². The number of carbonyl (C=O) groups excluding carboxylic acids is 1. The highest BCUT2D eigenvalue weighted by Gasteiger charge is 2.20. The largest absolute Gasteiger partial charge is 0.393 e. The number of nitriles is 1. The lowest BCUT2D eigenvalue weighted by Gasteiger charge is -2.32. The predicted octanol–water partition coefficient (Wildman–Crippen LogP) is 2.91. The lowest BCUT2D eigenvalue weighted by Crippen LogP contribution is -2.36. The van der Waals surface area contributed by atoms with Gasteiger partial charge in [0.15, 0.2) is 0 Å². The molecule has 0 aliphatic carbocycles. The van der Waals surface area contributed by atoms with Crippen molar-refractivity contribution in [2.24, 2.45) is 0 Å². The normalized spacial score (nSPS) is 14.8. The molecule has 1 aliphatic rings. The van der Waals surface area contributed by atoms with Gasteiger partial charge in [-0.2, -0.15) is 5.26 Å². The van der Waals surface area contributed by atoms with Crippen LogP contribution in [0.25, 0.3) is 0 Å². The van der Waals surface area contributed by atoms with Crippen LogP contribution in [-0.2, 0) is 0 Å². The summed E-state index contributed by atoms with van der Waals surface area (Å²) in [4.78, 5) is 14.3. The Bertz CT molecular complexity index is 806. The zero-order chi connectivity index (χ0) is 17.8. The molecule has 0 spiro atoms. The number of nitrogens with one attached hydrogen (secondary N) is 1. The third-order valence-electron chi connectivity index (χ3n) is 4.29. The van der Waals surface area contributed by atoms with E-state index in [0.29, 0.717) is 42.7 Å². The molecule has 2 N–H and O–H groups in total. The summed E-state index contributed by atoms with van der Waals surface area (Å²) in [5, 5.41) is 21.8. The smallest absolute Gasteiger partial charge is 0.255 e. The van der Waals surface area contributed by atoms with Crippen LogP contribution in [0, 0.1) is 17.1 Å². The molecular weight excluding hydrogens is 321 g/mol. The van der Waals surface area contributed by atoms with Crippen molar-refractivity contribution in [3.8, 4) is 6.07 Å². The van der Waals surface area contributed by atoms with Crippen LogP contribution in [0.15, 0.2) is 42.5 Å². The first-order chi connectivity index (χ1) is 12.1. The molecule has 0 aromatic heterocycles. The number of amides is 1. The van der Waals surface area contributed by atoms with Crippen LogP contribution < -0.4 is 10.2 Å². The number of rotatable bonds is 3. The Labute approximate surface area is 145 Å². The maximum absolute atomic E-state index is 12.9. The molecular formula is C19H18FN3O2. The van der Waals surface area contributed by atoms with Crippen LogP contribution in [0.4, 0.5) is 15.8 Å². The molecule has 0 bridgehead atoms. The summed E-state index contributed by atoms with van der Waals surface area (Å²) in [6.45, 7) is 1.38. The number of hydrogen-bond donors (Lipinski definition) is 2. The zero-order valence-electron chi connectivity index (χ0n) is 13.6. The quantitative estimate of drug-likeness (QED) is 0.901. The molecule has 1 heterocycles. The number of nitrogens with zero attached hydrogens (tertiary/aromatic N) is 2. The van der Waals surface area contributed by atoms with E-state index in [-0.39, 0.29) is 12.0 Å². The Kier molecular flexibility index (Phi) is 4.96. The number of hydrogen-bond acceptors (Lipinski definition) is 4. The molecule has 1 fully saturated rings. The summed E-state index contributed by atoms with van der Waals surface area (Å²) >= 11 is 0. The molecule has 1 amide bonds. The number of anilines is 2. The van der Waals surface area contributed by atoms with Crippen molar-refractivity contribution in [3.05, 3.63) is 59.4 Å². The number of aliphatic hydroxyl groups excluding tert-OH is 1. The van der Waals surface area contributed by atoms with E-state index in [1.54, 1.807) is 18.2 Å². The minimum Gasteiger partial charge on any atom is -0.393 e. The molecule has 0 atom stereocenters. The molecule has 1 aliphatic heterocycles. The zero-order valence-corrected chi connectivity index (χ0v) is 13.6. The number of carbonyl (C=O) groups is 1. The maximum atomic E-state index is 12.9. The van der Waals surface area contributed by atoms with Crippen LogP contribution in [0.5, 0.6) is 0 Å². The fourth-order valence-corrected chi connectivity index (χ4v) is 2.89. The van der Waals surface area contributed by atoms with Gasteiger partial charge in [-0.1, -0.05) is 0 Å². The monoisotopic (exact) mass is 339 g/mol. The average molecular weight is 339 g/mol. The molecule has 0 radical (unpaired) electrons. The topological polar surface area (TPSA) is 76.4 Å². The van der Waals surface area contributed by atoms with Gasteiger partial charge in [-0.15, -0.1) is 0 Å². The minimum atomic E-state index is -0.403. The lowest BCUT2D eigenvalue weighted by molar-refractivity contribution is 0.102. The second-order valence-electron chi connectivity index (χ2n) is 6.02. The van der Waals surface area contributed by atoms with E-state index in [0.717, 1.165) is 5.69 Å². The Morgan fingerprint density at radius 3 is 2.52 bits per heavy atom. The fourth-order valence-electron chi connectivity index (χ4n) is 2.89. The van der Waals surface area contributed by atoms with Gasteiger partial charge < -0.3 is 15.3 Å². The molecule has 0 unspecified atom stereocenters. The van der Waals surface area contributed by atoms with Gasteiger partial charge in [0.2, 0.25) is 0 Å². The van der Waals surface area contributed by atoms with Crippen LogP contribution in [0.2, 0.25) is 0 Å². The second kappa shape index (κ2) is 7.32. The maximum Gasteiger partial charge on any atom is 0.255 e. The summed E-state index contributed by atoms with van der Waals surface area (Å²) in [5.74, 6) is -0.767. The summed E-state index contributed by atoms with van der Waals surface area (Å²) in [7, 11) is 0. The predicted molar refractivity (Wildman–Crippen MR) is 93.0 cm³/mol. The standard InChI is InChI=1S/C19H18FN3O2/c20-15-3-1-13(2-4-15)19(25)22-16-5-6-18(14(11-16)12-21)23-9-7-17(24)8-10-23/h1-6,11,17,24H,7-10H2,(H,22,25). The van der Waals surface area contributed by atoms with Crippen LogP contribution >= 0.6 is 0 Å². The van der Waals surface area contributed by atoms with Gasteiger partial charge in [0.05, 0.1) is 17.4 Å². The number of benzene rings is 2. The van der Waals surface area contributed by atoms with Gasteiger partial charge >= 0.3 is 0 Å². The van der Waals surface area contributed by atoms with Crippen molar-refractivity contribution >= 4 is 17.3 Å². The second-order valence-corrected chi connectivity index (χ2v) is 6.02. The van der Waals surface area contributed by atoms with Gasteiger partial charge in [-0.3, -0.25) is 4.79 Å². The van der Waals surface area contributed by atoms with E-state index in [1.807, 2.05) is 0 Å². The fraction of sp³-hybridized carbons (Fsp3) is 0.263. The van der Waals surface area contributed by atoms with Crippen molar-refractivity contribution in [2.75, 3.05) is 23.3 Å². The van der Waals surface area contributed by atoms with Gasteiger partial charge in [0.25, 0.3) is 5.91 Å². The Hall–Kier alpha value is -2.91. The van der Waals surface area contributed by atoms with Crippen molar-refractivity contribution in [2.45, 2.75) is 18.9 Å². The number of halogens is 1. The van der Waals surface area contributed by atoms with Crippen molar-refractivity contribution in [1.29, 1.82) is 5.26 Å². The SMILES string of the molecule is N#Cc1cc(NC(=O)c2ccc(F)cc2)ccc1N1CCC(O)CC1. The van der Waals surface area contributed by atoms with E-state index in [4.69, 9.17) is 0 Å². The van der Waals surface area contributed by atoms with E-state index < -0.39 is 5.82 Å². The molecule has 0 saturated carbocycles. The molecule has 2 aromatic carbocycles. The first kappa shape index (κ1) is 16.9. The van der Waals surface area contributed by atoms with Crippen molar-refractivity contribution in [3.63, 3.8) is 0 Å². The first-order valence-electron chi connectivity index (χ1n) is 8.11. The summed E-state index contributed by atoms with van der Waals surface area (Å²) in [6.07, 6.45) is 1.07. The van der Waals surface area contributed by atoms with Crippen molar-refractivity contribution in [1.82, 2.24) is 0 Å². The minimum absolute atomic E-state index is 0.281. The summed E-state index contributed by atoms with van der Waals surface area (Å²) in [6, 6.07) is 12.6. The van der Waals surface area contributed by atoms with Gasteiger partial charge in [0.1, 0.15) is 11.9 Å². The molecule has 128 valence electrons. The molecule has 5 nitrogen and oxygen atoms in total. The van der Waals surface area contributed by atoms with Crippen LogP contribution in [-0.4, -0.2) is 30.2 Å². The Balaban J connectivity index is 1.76. The highest BCUT2D eigenvalue weighted by Crippen LogP contribution is 2.27. The van der Waals surface area contributed by atoms with Crippen molar-refractivity contribution < 1.29 is 14.3 Å². The first-order valence-corrected chi connectivity index (χ1v) is 8.11. The summed E-state index contributed by atoms with van der Waals surface area (Å²) in [5.41, 5.74) is 2.11. The molecule has 1 saturated heterocycles. The van der Waals surface area contributed by atoms with E-state index >= 15 is 0 Å². The highest BCUT2D eigenvalue weighted by atomic mass is 19.1. The molecule has 2 aromatic rings. The Morgan fingerprint density at radius 1 is 1.20 bits per heavy atom. The summed E-state index contributed by atoms with van der Waals surface area (Å²) < 4.78 is 12.9. The third-order valence-corrected chi connectivity index (χ3v) is 4.29. The average Bonchev–Trinajstić information content (AvgIpc) is 2.63.